The quantitative estimate of drug-likeness (QED) is 0.681. The Kier molecular flexibility index (Phi) is 11.2. The molecule has 126 valence electrons. The van der Waals surface area contributed by atoms with Crippen molar-refractivity contribution in [1.82, 2.24) is 0 Å². The lowest BCUT2D eigenvalue weighted by atomic mass is 10.0. The van der Waals surface area contributed by atoms with Crippen LogP contribution in [0.4, 0.5) is 5.69 Å². The lowest BCUT2D eigenvalue weighted by Gasteiger charge is -2.26. The summed E-state index contributed by atoms with van der Waals surface area (Å²) in [5.74, 6) is 1.91. The summed E-state index contributed by atoms with van der Waals surface area (Å²) in [6.45, 7) is 12.1. The van der Waals surface area contributed by atoms with Crippen LogP contribution in [-0.4, -0.2) is 26.0 Å². The van der Waals surface area contributed by atoms with Crippen molar-refractivity contribution in [2.24, 2.45) is 5.92 Å². The van der Waals surface area contributed by atoms with Gasteiger partial charge in [0.1, 0.15) is 11.5 Å². The number of benzene rings is 1. The first-order chi connectivity index (χ1) is 10.4. The molecular formula is C19H33NO2. The molecule has 0 aliphatic heterocycles. The first-order valence-corrected chi connectivity index (χ1v) is 8.30. The number of carbonyl (C=O) groups is 1. The molecule has 22 heavy (non-hydrogen) atoms. The molecule has 0 aromatic heterocycles. The number of Topliss-reactive ketones (excluding diaryl/α,β-unsaturated/α-hetero) is 1. The first-order valence-electron chi connectivity index (χ1n) is 8.30. The van der Waals surface area contributed by atoms with Crippen LogP contribution < -0.4 is 9.64 Å². The Balaban J connectivity index is 0.000000980. The molecule has 0 saturated carbocycles. The summed E-state index contributed by atoms with van der Waals surface area (Å²) in [5.41, 5.74) is 1.28. The number of ketones is 1. The fourth-order valence-electron chi connectivity index (χ4n) is 2.03. The summed E-state index contributed by atoms with van der Waals surface area (Å²) in [4.78, 5) is 11.9. The summed E-state index contributed by atoms with van der Waals surface area (Å²) < 4.78 is 5.30. The number of methoxy groups -OCH3 is 1. The molecule has 3 heteroatoms. The topological polar surface area (TPSA) is 29.5 Å². The van der Waals surface area contributed by atoms with Crippen LogP contribution in [0.1, 0.15) is 53.9 Å². The fourth-order valence-corrected chi connectivity index (χ4v) is 2.03. The molecule has 1 rings (SSSR count). The summed E-state index contributed by atoms with van der Waals surface area (Å²) in [5, 5.41) is 0. The molecule has 0 N–H and O–H groups in total. The van der Waals surface area contributed by atoms with E-state index in [9.17, 15) is 4.79 Å². The molecular weight excluding hydrogens is 274 g/mol. The van der Waals surface area contributed by atoms with Gasteiger partial charge in [-0.3, -0.25) is 0 Å². The maximum atomic E-state index is 9.44. The number of carbonyl (C=O) groups excluding carboxylic acids is 1. The second kappa shape index (κ2) is 12.1. The van der Waals surface area contributed by atoms with Crippen LogP contribution in [0.2, 0.25) is 0 Å². The molecule has 0 amide bonds. The highest BCUT2D eigenvalue weighted by atomic mass is 16.5. The van der Waals surface area contributed by atoms with E-state index < -0.39 is 0 Å². The summed E-state index contributed by atoms with van der Waals surface area (Å²) >= 11 is 0. The van der Waals surface area contributed by atoms with E-state index in [1.165, 1.54) is 38.8 Å². The van der Waals surface area contributed by atoms with Crippen LogP contribution in [0.25, 0.3) is 0 Å². The van der Waals surface area contributed by atoms with Crippen molar-refractivity contribution >= 4 is 11.5 Å². The van der Waals surface area contributed by atoms with E-state index in [1.54, 1.807) is 7.11 Å². The molecule has 1 atom stereocenters. The van der Waals surface area contributed by atoms with E-state index in [1.807, 2.05) is 6.07 Å². The monoisotopic (exact) mass is 307 g/mol. The predicted octanol–water partition coefficient (Wildman–Crippen LogP) is 4.94. The van der Waals surface area contributed by atoms with Gasteiger partial charge in [-0.25, -0.2) is 0 Å². The van der Waals surface area contributed by atoms with Crippen LogP contribution in [0.5, 0.6) is 5.75 Å². The van der Waals surface area contributed by atoms with E-state index in [0.29, 0.717) is 0 Å². The Labute approximate surface area is 136 Å². The van der Waals surface area contributed by atoms with Crippen LogP contribution in [-0.2, 0) is 4.79 Å². The van der Waals surface area contributed by atoms with E-state index in [4.69, 9.17) is 4.74 Å². The summed E-state index contributed by atoms with van der Waals surface area (Å²) in [6, 6.07) is 8.38. The van der Waals surface area contributed by atoms with E-state index in [2.05, 4.69) is 43.9 Å². The maximum absolute atomic E-state index is 9.44. The molecule has 1 unspecified atom stereocenters. The molecule has 0 fully saturated rings. The first kappa shape index (κ1) is 20.5. The predicted molar refractivity (Wildman–Crippen MR) is 95.9 cm³/mol. The van der Waals surface area contributed by atoms with Crippen molar-refractivity contribution in [3.05, 3.63) is 24.3 Å². The highest BCUT2D eigenvalue weighted by Crippen LogP contribution is 2.22. The molecule has 0 radical (unpaired) electrons. The van der Waals surface area contributed by atoms with Gasteiger partial charge in [0, 0.05) is 24.8 Å². The van der Waals surface area contributed by atoms with Crippen molar-refractivity contribution in [3.63, 3.8) is 0 Å². The maximum Gasteiger partial charge on any atom is 0.126 e. The van der Waals surface area contributed by atoms with E-state index >= 15 is 0 Å². The van der Waals surface area contributed by atoms with Crippen LogP contribution in [0.3, 0.4) is 0 Å². The van der Waals surface area contributed by atoms with Crippen molar-refractivity contribution in [3.8, 4) is 5.75 Å². The Morgan fingerprint density at radius 2 is 1.86 bits per heavy atom. The van der Waals surface area contributed by atoms with Gasteiger partial charge < -0.3 is 14.4 Å². The molecule has 3 nitrogen and oxygen atoms in total. The van der Waals surface area contributed by atoms with Gasteiger partial charge in [0.2, 0.25) is 0 Å². The Bertz CT molecular complexity index is 414. The van der Waals surface area contributed by atoms with Gasteiger partial charge in [-0.1, -0.05) is 33.3 Å². The van der Waals surface area contributed by atoms with Gasteiger partial charge >= 0.3 is 0 Å². The van der Waals surface area contributed by atoms with Crippen molar-refractivity contribution in [2.75, 3.05) is 25.1 Å². The summed E-state index contributed by atoms with van der Waals surface area (Å²) in [7, 11) is 1.72. The standard InChI is InChI=1S/C16H27NO.C3H6O/c1-5-11-17(12-10-14(3)6-2)15-8-7-9-16(13-15)18-4;1-3(2)4/h7-9,13-14H,5-6,10-12H2,1-4H3;1-2H3. The molecule has 0 aliphatic rings. The Morgan fingerprint density at radius 1 is 1.23 bits per heavy atom. The van der Waals surface area contributed by atoms with Crippen molar-refractivity contribution in [2.45, 2.75) is 53.9 Å². The molecule has 0 bridgehead atoms. The highest BCUT2D eigenvalue weighted by molar-refractivity contribution is 5.72. The Morgan fingerprint density at radius 3 is 2.36 bits per heavy atom. The minimum atomic E-state index is 0.167. The van der Waals surface area contributed by atoms with Crippen LogP contribution >= 0.6 is 0 Å². The average molecular weight is 307 g/mol. The lowest BCUT2D eigenvalue weighted by Crippen LogP contribution is -2.26. The molecule has 0 heterocycles. The smallest absolute Gasteiger partial charge is 0.126 e. The van der Waals surface area contributed by atoms with E-state index in [-0.39, 0.29) is 5.78 Å². The van der Waals surface area contributed by atoms with Gasteiger partial charge in [-0.15, -0.1) is 0 Å². The normalized spacial score (nSPS) is 11.2. The number of rotatable bonds is 8. The molecule has 1 aromatic rings. The third kappa shape index (κ3) is 9.43. The minimum absolute atomic E-state index is 0.167. The van der Waals surface area contributed by atoms with Gasteiger partial charge in [0.15, 0.2) is 0 Å². The number of ether oxygens (including phenoxy) is 1. The molecule has 0 aliphatic carbocycles. The summed E-state index contributed by atoms with van der Waals surface area (Å²) in [6.07, 6.45) is 3.70. The zero-order chi connectivity index (χ0) is 17.0. The third-order valence-corrected chi connectivity index (χ3v) is 3.50. The number of hydrogen-bond acceptors (Lipinski definition) is 3. The zero-order valence-corrected chi connectivity index (χ0v) is 15.2. The fraction of sp³-hybridized carbons (Fsp3) is 0.632. The molecule has 0 saturated heterocycles. The van der Waals surface area contributed by atoms with Crippen molar-refractivity contribution in [1.29, 1.82) is 0 Å². The van der Waals surface area contributed by atoms with Gasteiger partial charge in [0.05, 0.1) is 7.11 Å². The third-order valence-electron chi connectivity index (χ3n) is 3.50. The Hall–Kier alpha value is -1.51. The second-order valence-corrected chi connectivity index (χ2v) is 5.90. The molecule has 0 spiro atoms. The second-order valence-electron chi connectivity index (χ2n) is 5.90. The number of nitrogens with zero attached hydrogens (tertiary/aromatic N) is 1. The van der Waals surface area contributed by atoms with Gasteiger partial charge in [-0.05, 0) is 44.7 Å². The van der Waals surface area contributed by atoms with Crippen LogP contribution in [0, 0.1) is 5.92 Å². The molecule has 1 aromatic carbocycles. The van der Waals surface area contributed by atoms with Crippen molar-refractivity contribution < 1.29 is 9.53 Å². The van der Waals surface area contributed by atoms with Crippen LogP contribution in [0.15, 0.2) is 24.3 Å². The van der Waals surface area contributed by atoms with E-state index in [0.717, 1.165) is 24.8 Å². The largest absolute Gasteiger partial charge is 0.497 e. The number of hydrogen-bond donors (Lipinski definition) is 0. The highest BCUT2D eigenvalue weighted by Gasteiger charge is 2.08. The van der Waals surface area contributed by atoms with Gasteiger partial charge in [-0.2, -0.15) is 0 Å². The van der Waals surface area contributed by atoms with Gasteiger partial charge in [0.25, 0.3) is 0 Å². The average Bonchev–Trinajstić information content (AvgIpc) is 2.50. The SMILES string of the molecule is CC(C)=O.CCCN(CCC(C)CC)c1cccc(OC)c1. The lowest BCUT2D eigenvalue weighted by molar-refractivity contribution is -0.114. The zero-order valence-electron chi connectivity index (χ0n) is 15.2. The minimum Gasteiger partial charge on any atom is -0.497 e. The number of anilines is 1.